The van der Waals surface area contributed by atoms with Crippen LogP contribution in [0.2, 0.25) is 0 Å². The Labute approximate surface area is 130 Å². The molecule has 0 saturated carbocycles. The van der Waals surface area contributed by atoms with E-state index in [4.69, 9.17) is 0 Å². The van der Waals surface area contributed by atoms with Crippen LogP contribution in [0, 0.1) is 0 Å². The highest BCUT2D eigenvalue weighted by Crippen LogP contribution is 2.17. The summed E-state index contributed by atoms with van der Waals surface area (Å²) in [6, 6.07) is 24.4. The second kappa shape index (κ2) is 7.18. The van der Waals surface area contributed by atoms with E-state index in [-0.39, 0.29) is 0 Å². The normalized spacial score (nSPS) is 10.7. The van der Waals surface area contributed by atoms with Gasteiger partial charge in [0.05, 0.1) is 18.4 Å². The molecule has 22 heavy (non-hydrogen) atoms. The molecule has 2 aromatic carbocycles. The predicted molar refractivity (Wildman–Crippen MR) is 90.9 cm³/mol. The van der Waals surface area contributed by atoms with Gasteiger partial charge in [0.25, 0.3) is 0 Å². The van der Waals surface area contributed by atoms with E-state index >= 15 is 0 Å². The molecule has 108 valence electrons. The van der Waals surface area contributed by atoms with E-state index in [0.29, 0.717) is 0 Å². The smallest absolute Gasteiger partial charge is 0.0666 e. The molecule has 0 radical (unpaired) electrons. The Morgan fingerprint density at radius 3 is 2.27 bits per heavy atom. The van der Waals surface area contributed by atoms with E-state index in [1.807, 2.05) is 59.8 Å². The lowest BCUT2D eigenvalue weighted by atomic mass is 10.2. The van der Waals surface area contributed by atoms with Gasteiger partial charge in [-0.05, 0) is 23.8 Å². The topological polar surface area (TPSA) is 28.5 Å². The zero-order valence-corrected chi connectivity index (χ0v) is 12.2. The molecule has 0 N–H and O–H groups in total. The minimum atomic E-state index is 0.724. The fraction of sp³-hybridized carbons (Fsp3) is 0.0526. The number of para-hydroxylation sites is 1. The number of rotatable bonds is 5. The largest absolute Gasteiger partial charge is 0.264 e. The summed E-state index contributed by atoms with van der Waals surface area (Å²) in [7, 11) is 0. The maximum atomic E-state index is 4.63. The summed E-state index contributed by atoms with van der Waals surface area (Å²) in [5.74, 6) is 0. The van der Waals surface area contributed by atoms with Crippen molar-refractivity contribution in [1.29, 1.82) is 0 Å². The number of benzene rings is 2. The van der Waals surface area contributed by atoms with Gasteiger partial charge in [-0.2, -0.15) is 5.10 Å². The fourth-order valence-corrected chi connectivity index (χ4v) is 2.14. The van der Waals surface area contributed by atoms with Crippen LogP contribution < -0.4 is 5.01 Å². The Hall–Kier alpha value is -2.94. The molecule has 3 rings (SSSR count). The van der Waals surface area contributed by atoms with Gasteiger partial charge in [0, 0.05) is 18.0 Å². The standard InChI is InChI=1S/C19H17N3/c1-3-8-17(9-4-1)16-22(19-11-5-2-6-12-19)21-15-18-10-7-13-20-14-18/h1-15H,16H2/b21-15-. The maximum Gasteiger partial charge on any atom is 0.0666 e. The summed E-state index contributed by atoms with van der Waals surface area (Å²) in [5, 5.41) is 6.62. The summed E-state index contributed by atoms with van der Waals surface area (Å²) >= 11 is 0. The van der Waals surface area contributed by atoms with Crippen molar-refractivity contribution in [3.8, 4) is 0 Å². The first-order valence-electron chi connectivity index (χ1n) is 7.22. The van der Waals surface area contributed by atoms with Gasteiger partial charge in [0.15, 0.2) is 0 Å². The molecule has 0 aliphatic heterocycles. The number of hydrogen-bond acceptors (Lipinski definition) is 3. The third-order valence-corrected chi connectivity index (χ3v) is 3.26. The molecule has 3 heteroatoms. The van der Waals surface area contributed by atoms with Gasteiger partial charge in [-0.25, -0.2) is 0 Å². The van der Waals surface area contributed by atoms with Crippen LogP contribution in [0.25, 0.3) is 0 Å². The quantitative estimate of drug-likeness (QED) is 0.521. The van der Waals surface area contributed by atoms with Gasteiger partial charge in [-0.1, -0.05) is 54.6 Å². The second-order valence-corrected chi connectivity index (χ2v) is 4.91. The molecular weight excluding hydrogens is 270 g/mol. The SMILES string of the molecule is C(=N/N(Cc1ccccc1)c1ccccc1)/c1cccnc1. The molecule has 3 nitrogen and oxygen atoms in total. The Morgan fingerprint density at radius 2 is 1.59 bits per heavy atom. The molecular formula is C19H17N3. The van der Waals surface area contributed by atoms with Gasteiger partial charge in [-0.15, -0.1) is 0 Å². The molecule has 0 unspecified atom stereocenters. The lowest BCUT2D eigenvalue weighted by Gasteiger charge is -2.19. The van der Waals surface area contributed by atoms with Crippen LogP contribution in [0.5, 0.6) is 0 Å². The third kappa shape index (κ3) is 3.79. The van der Waals surface area contributed by atoms with E-state index in [9.17, 15) is 0 Å². The third-order valence-electron chi connectivity index (χ3n) is 3.26. The number of pyridine rings is 1. The first-order chi connectivity index (χ1) is 10.9. The van der Waals surface area contributed by atoms with Crippen molar-refractivity contribution >= 4 is 11.9 Å². The van der Waals surface area contributed by atoms with Gasteiger partial charge >= 0.3 is 0 Å². The summed E-state index contributed by atoms with van der Waals surface area (Å²) in [6.45, 7) is 0.724. The zero-order valence-electron chi connectivity index (χ0n) is 12.2. The van der Waals surface area contributed by atoms with Gasteiger partial charge in [0.1, 0.15) is 0 Å². The summed E-state index contributed by atoms with van der Waals surface area (Å²) in [5.41, 5.74) is 3.26. The molecule has 3 aromatic rings. The van der Waals surface area contributed by atoms with Crippen LogP contribution in [0.4, 0.5) is 5.69 Å². The van der Waals surface area contributed by atoms with Crippen LogP contribution >= 0.6 is 0 Å². The molecule has 0 aliphatic carbocycles. The Bertz CT molecular complexity index is 709. The highest BCUT2D eigenvalue weighted by Gasteiger charge is 2.04. The second-order valence-electron chi connectivity index (χ2n) is 4.91. The van der Waals surface area contributed by atoms with E-state index in [2.05, 4.69) is 34.4 Å². The Kier molecular flexibility index (Phi) is 4.57. The summed E-state index contributed by atoms with van der Waals surface area (Å²) in [4.78, 5) is 4.11. The molecule has 0 bridgehead atoms. The van der Waals surface area contributed by atoms with E-state index in [0.717, 1.165) is 17.8 Å². The number of nitrogens with zero attached hydrogens (tertiary/aromatic N) is 3. The van der Waals surface area contributed by atoms with Crippen molar-refractivity contribution in [3.63, 3.8) is 0 Å². The van der Waals surface area contributed by atoms with E-state index in [1.165, 1.54) is 5.56 Å². The van der Waals surface area contributed by atoms with Crippen molar-refractivity contribution < 1.29 is 0 Å². The zero-order chi connectivity index (χ0) is 15.0. The average Bonchev–Trinajstić information content (AvgIpc) is 2.61. The van der Waals surface area contributed by atoms with E-state index < -0.39 is 0 Å². The first kappa shape index (κ1) is 14.0. The number of hydrogen-bond donors (Lipinski definition) is 0. The molecule has 0 atom stereocenters. The highest BCUT2D eigenvalue weighted by atomic mass is 15.4. The molecule has 0 spiro atoms. The van der Waals surface area contributed by atoms with Crippen molar-refractivity contribution in [2.24, 2.45) is 5.10 Å². The van der Waals surface area contributed by atoms with Crippen LogP contribution in [-0.4, -0.2) is 11.2 Å². The molecule has 0 saturated heterocycles. The van der Waals surface area contributed by atoms with Crippen molar-refractivity contribution in [2.75, 3.05) is 5.01 Å². The van der Waals surface area contributed by atoms with Crippen molar-refractivity contribution in [3.05, 3.63) is 96.3 Å². The molecule has 1 aromatic heterocycles. The number of aromatic nitrogens is 1. The van der Waals surface area contributed by atoms with Crippen LogP contribution in [0.1, 0.15) is 11.1 Å². The Balaban J connectivity index is 1.85. The average molecular weight is 287 g/mol. The van der Waals surface area contributed by atoms with Crippen LogP contribution in [0.3, 0.4) is 0 Å². The highest BCUT2D eigenvalue weighted by molar-refractivity contribution is 5.79. The first-order valence-corrected chi connectivity index (χ1v) is 7.22. The molecule has 1 heterocycles. The van der Waals surface area contributed by atoms with Crippen LogP contribution in [-0.2, 0) is 6.54 Å². The van der Waals surface area contributed by atoms with Crippen LogP contribution in [0.15, 0.2) is 90.3 Å². The lowest BCUT2D eigenvalue weighted by molar-refractivity contribution is 0.858. The van der Waals surface area contributed by atoms with Crippen molar-refractivity contribution in [1.82, 2.24) is 4.98 Å². The molecule has 0 fully saturated rings. The lowest BCUT2D eigenvalue weighted by Crippen LogP contribution is -2.16. The minimum absolute atomic E-state index is 0.724. The minimum Gasteiger partial charge on any atom is -0.264 e. The van der Waals surface area contributed by atoms with E-state index in [1.54, 1.807) is 12.4 Å². The maximum absolute atomic E-state index is 4.63. The summed E-state index contributed by atoms with van der Waals surface area (Å²) in [6.07, 6.45) is 5.40. The number of anilines is 1. The van der Waals surface area contributed by atoms with Crippen molar-refractivity contribution in [2.45, 2.75) is 6.54 Å². The summed E-state index contributed by atoms with van der Waals surface area (Å²) < 4.78 is 0. The van der Waals surface area contributed by atoms with Gasteiger partial charge in [-0.3, -0.25) is 9.99 Å². The van der Waals surface area contributed by atoms with Gasteiger partial charge < -0.3 is 0 Å². The Morgan fingerprint density at radius 1 is 0.864 bits per heavy atom. The fourth-order valence-electron chi connectivity index (χ4n) is 2.14. The van der Waals surface area contributed by atoms with Gasteiger partial charge in [0.2, 0.25) is 0 Å². The number of hydrazone groups is 1. The predicted octanol–water partition coefficient (Wildman–Crippen LogP) is 4.12. The monoisotopic (exact) mass is 287 g/mol. The molecule has 0 aliphatic rings. The molecule has 0 amide bonds.